The zero-order valence-electron chi connectivity index (χ0n) is 10.9. The largest absolute Gasteiger partial charge is 0.508 e. The molecule has 0 spiro atoms. The van der Waals surface area contributed by atoms with Crippen LogP contribution in [0.25, 0.3) is 0 Å². The fraction of sp³-hybridized carbons (Fsp3) is 0.385. The van der Waals surface area contributed by atoms with E-state index in [2.05, 4.69) is 0 Å². The number of hydrogen-bond acceptors (Lipinski definition) is 4. The van der Waals surface area contributed by atoms with E-state index in [1.807, 2.05) is 0 Å². The molecule has 0 aromatic heterocycles. The maximum absolute atomic E-state index is 11.9. The molecule has 0 saturated heterocycles. The molecule has 0 radical (unpaired) electrons. The number of aliphatic carboxylic acids is 1. The predicted molar refractivity (Wildman–Crippen MR) is 69.7 cm³/mol. The molecule has 19 heavy (non-hydrogen) atoms. The Hall–Kier alpha value is -2.08. The molecule has 0 saturated carbocycles. The summed E-state index contributed by atoms with van der Waals surface area (Å²) in [5.74, 6) is -1.36. The average Bonchev–Trinajstić information content (AvgIpc) is 2.38. The molecule has 0 heterocycles. The Bertz CT molecular complexity index is 458. The number of likely N-dealkylation sites (N-methyl/N-ethyl adjacent to an activating group) is 1. The highest BCUT2D eigenvalue weighted by Crippen LogP contribution is 2.11. The Morgan fingerprint density at radius 2 is 1.84 bits per heavy atom. The highest BCUT2D eigenvalue weighted by Gasteiger charge is 2.25. The SMILES string of the molecule is CC(C(=O)O)N(C)C(=O)C(N)Cc1ccc(O)cc1. The molecule has 2 atom stereocenters. The second kappa shape index (κ2) is 6.19. The minimum atomic E-state index is -1.08. The molecule has 1 aromatic carbocycles. The van der Waals surface area contributed by atoms with E-state index in [1.54, 1.807) is 12.1 Å². The summed E-state index contributed by atoms with van der Waals surface area (Å²) in [7, 11) is 1.41. The second-order valence-electron chi connectivity index (χ2n) is 4.44. The number of carbonyl (C=O) groups excluding carboxylic acids is 1. The molecule has 0 aliphatic heterocycles. The van der Waals surface area contributed by atoms with E-state index in [9.17, 15) is 9.59 Å². The van der Waals surface area contributed by atoms with Gasteiger partial charge in [0.25, 0.3) is 0 Å². The summed E-state index contributed by atoms with van der Waals surface area (Å²) in [6.45, 7) is 1.42. The quantitative estimate of drug-likeness (QED) is 0.706. The van der Waals surface area contributed by atoms with Gasteiger partial charge >= 0.3 is 5.97 Å². The molecule has 1 rings (SSSR count). The van der Waals surface area contributed by atoms with Gasteiger partial charge in [-0.25, -0.2) is 4.79 Å². The van der Waals surface area contributed by atoms with E-state index in [0.717, 1.165) is 10.5 Å². The standard InChI is InChI=1S/C13H18N2O4/c1-8(13(18)19)15(2)12(17)11(14)7-9-3-5-10(16)6-4-9/h3-6,8,11,16H,7,14H2,1-2H3,(H,18,19). The third kappa shape index (κ3) is 3.96. The zero-order chi connectivity index (χ0) is 14.6. The maximum atomic E-state index is 11.9. The fourth-order valence-electron chi connectivity index (χ4n) is 1.59. The van der Waals surface area contributed by atoms with E-state index in [4.69, 9.17) is 15.9 Å². The molecule has 1 amide bonds. The first-order chi connectivity index (χ1) is 8.82. The molecule has 0 bridgehead atoms. The van der Waals surface area contributed by atoms with Crippen LogP contribution in [0, 0.1) is 0 Å². The number of phenols is 1. The molecule has 6 heteroatoms. The van der Waals surface area contributed by atoms with Gasteiger partial charge in [-0.3, -0.25) is 4.79 Å². The fourth-order valence-corrected chi connectivity index (χ4v) is 1.59. The van der Waals surface area contributed by atoms with E-state index in [1.165, 1.54) is 26.1 Å². The van der Waals surface area contributed by atoms with Crippen LogP contribution in [0.2, 0.25) is 0 Å². The van der Waals surface area contributed by atoms with Crippen LogP contribution in [0.5, 0.6) is 5.75 Å². The number of hydrogen-bond donors (Lipinski definition) is 3. The van der Waals surface area contributed by atoms with E-state index in [-0.39, 0.29) is 12.2 Å². The highest BCUT2D eigenvalue weighted by atomic mass is 16.4. The van der Waals surface area contributed by atoms with Crippen molar-refractivity contribution in [3.8, 4) is 5.75 Å². The van der Waals surface area contributed by atoms with E-state index in [0.29, 0.717) is 0 Å². The number of benzene rings is 1. The monoisotopic (exact) mass is 266 g/mol. The average molecular weight is 266 g/mol. The summed E-state index contributed by atoms with van der Waals surface area (Å²) < 4.78 is 0. The number of carboxylic acid groups (broad SMARTS) is 1. The van der Waals surface area contributed by atoms with Crippen LogP contribution < -0.4 is 5.73 Å². The van der Waals surface area contributed by atoms with Crippen molar-refractivity contribution in [3.63, 3.8) is 0 Å². The van der Waals surface area contributed by atoms with Crippen molar-refractivity contribution < 1.29 is 19.8 Å². The first-order valence-corrected chi connectivity index (χ1v) is 5.86. The van der Waals surface area contributed by atoms with Gasteiger partial charge in [-0.2, -0.15) is 0 Å². The first-order valence-electron chi connectivity index (χ1n) is 5.86. The van der Waals surface area contributed by atoms with Crippen LogP contribution in [-0.4, -0.2) is 46.1 Å². The van der Waals surface area contributed by atoms with Gasteiger partial charge in [0.1, 0.15) is 11.8 Å². The number of nitrogens with zero attached hydrogens (tertiary/aromatic N) is 1. The van der Waals surface area contributed by atoms with Gasteiger partial charge in [0.15, 0.2) is 0 Å². The molecule has 0 fully saturated rings. The molecule has 4 N–H and O–H groups in total. The summed E-state index contributed by atoms with van der Waals surface area (Å²) in [4.78, 5) is 23.9. The van der Waals surface area contributed by atoms with Crippen molar-refractivity contribution >= 4 is 11.9 Å². The summed E-state index contributed by atoms with van der Waals surface area (Å²) in [6, 6.07) is 4.63. The molecular formula is C13H18N2O4. The van der Waals surface area contributed by atoms with Gasteiger partial charge in [0, 0.05) is 7.05 Å². The van der Waals surface area contributed by atoms with E-state index < -0.39 is 24.0 Å². The van der Waals surface area contributed by atoms with Gasteiger partial charge < -0.3 is 20.8 Å². The van der Waals surface area contributed by atoms with Crippen LogP contribution in [0.15, 0.2) is 24.3 Å². The lowest BCUT2D eigenvalue weighted by atomic mass is 10.0. The minimum absolute atomic E-state index is 0.139. The van der Waals surface area contributed by atoms with Gasteiger partial charge in [-0.1, -0.05) is 12.1 Å². The van der Waals surface area contributed by atoms with Crippen molar-refractivity contribution in [2.45, 2.75) is 25.4 Å². The Kier molecular flexibility index (Phi) is 4.88. The number of carbonyl (C=O) groups is 2. The van der Waals surface area contributed by atoms with Crippen LogP contribution in [-0.2, 0) is 16.0 Å². The van der Waals surface area contributed by atoms with Crippen molar-refractivity contribution in [2.75, 3.05) is 7.05 Å². The normalized spacial score (nSPS) is 13.6. The number of aromatic hydroxyl groups is 1. The molecule has 0 aliphatic rings. The smallest absolute Gasteiger partial charge is 0.326 e. The molecule has 0 aliphatic carbocycles. The molecule has 1 aromatic rings. The summed E-state index contributed by atoms with van der Waals surface area (Å²) in [5.41, 5.74) is 6.58. The molecular weight excluding hydrogens is 248 g/mol. The molecule has 6 nitrogen and oxygen atoms in total. The summed E-state index contributed by atoms with van der Waals surface area (Å²) >= 11 is 0. The number of phenolic OH excluding ortho intramolecular Hbond substituents is 1. The Morgan fingerprint density at radius 3 is 2.32 bits per heavy atom. The van der Waals surface area contributed by atoms with Crippen LogP contribution in [0.3, 0.4) is 0 Å². The van der Waals surface area contributed by atoms with Gasteiger partial charge in [0.05, 0.1) is 6.04 Å². The van der Waals surface area contributed by atoms with Gasteiger partial charge in [0.2, 0.25) is 5.91 Å². The lowest BCUT2D eigenvalue weighted by Gasteiger charge is -2.24. The number of amides is 1. The number of nitrogens with two attached hydrogens (primary N) is 1. The van der Waals surface area contributed by atoms with Crippen molar-refractivity contribution in [1.29, 1.82) is 0 Å². The van der Waals surface area contributed by atoms with Crippen LogP contribution in [0.1, 0.15) is 12.5 Å². The summed E-state index contributed by atoms with van der Waals surface area (Å²) in [5, 5.41) is 18.0. The van der Waals surface area contributed by atoms with Crippen molar-refractivity contribution in [1.82, 2.24) is 4.90 Å². The Labute approximate surface area is 111 Å². The Morgan fingerprint density at radius 1 is 1.32 bits per heavy atom. The topological polar surface area (TPSA) is 104 Å². The zero-order valence-corrected chi connectivity index (χ0v) is 10.9. The lowest BCUT2D eigenvalue weighted by molar-refractivity contribution is -0.148. The number of carboxylic acids is 1. The van der Waals surface area contributed by atoms with Gasteiger partial charge in [-0.05, 0) is 31.0 Å². The first kappa shape index (κ1) is 15.0. The highest BCUT2D eigenvalue weighted by molar-refractivity contribution is 5.86. The minimum Gasteiger partial charge on any atom is -0.508 e. The third-order valence-corrected chi connectivity index (χ3v) is 3.00. The Balaban J connectivity index is 2.67. The maximum Gasteiger partial charge on any atom is 0.326 e. The summed E-state index contributed by atoms with van der Waals surface area (Å²) in [6.07, 6.45) is 0.287. The van der Waals surface area contributed by atoms with Crippen molar-refractivity contribution in [2.24, 2.45) is 5.73 Å². The third-order valence-electron chi connectivity index (χ3n) is 3.00. The van der Waals surface area contributed by atoms with Crippen molar-refractivity contribution in [3.05, 3.63) is 29.8 Å². The predicted octanol–water partition coefficient (Wildman–Crippen LogP) is 0.194. The lowest BCUT2D eigenvalue weighted by Crippen LogP contribution is -2.49. The number of rotatable bonds is 5. The molecule has 2 unspecified atom stereocenters. The molecule has 104 valence electrons. The second-order valence-corrected chi connectivity index (χ2v) is 4.44. The van der Waals surface area contributed by atoms with Crippen LogP contribution in [0.4, 0.5) is 0 Å². The van der Waals surface area contributed by atoms with Crippen LogP contribution >= 0.6 is 0 Å². The van der Waals surface area contributed by atoms with E-state index >= 15 is 0 Å². The van der Waals surface area contributed by atoms with Gasteiger partial charge in [-0.15, -0.1) is 0 Å².